The van der Waals surface area contributed by atoms with Crippen LogP contribution in [0.5, 0.6) is 0 Å². The van der Waals surface area contributed by atoms with E-state index >= 15 is 0 Å². The van der Waals surface area contributed by atoms with Crippen LogP contribution in [0, 0.1) is 11.7 Å². The lowest BCUT2D eigenvalue weighted by atomic mass is 10.0. The predicted octanol–water partition coefficient (Wildman–Crippen LogP) is 3.09. The third-order valence-corrected chi connectivity index (χ3v) is 4.21. The van der Waals surface area contributed by atoms with Gasteiger partial charge < -0.3 is 5.73 Å². The van der Waals surface area contributed by atoms with Crippen LogP contribution in [0.15, 0.2) is 42.7 Å². The molecule has 1 aromatic heterocycles. The van der Waals surface area contributed by atoms with Gasteiger partial charge in [0.25, 0.3) is 0 Å². The van der Waals surface area contributed by atoms with Crippen molar-refractivity contribution in [2.75, 3.05) is 13.1 Å². The number of halogens is 2. The Morgan fingerprint density at radius 3 is 2.50 bits per heavy atom. The van der Waals surface area contributed by atoms with Crippen LogP contribution in [-0.2, 0) is 6.54 Å². The maximum absolute atomic E-state index is 14.3. The van der Waals surface area contributed by atoms with E-state index in [2.05, 4.69) is 16.8 Å². The molecule has 1 saturated heterocycles. The van der Waals surface area contributed by atoms with Crippen molar-refractivity contribution in [3.63, 3.8) is 0 Å². The summed E-state index contributed by atoms with van der Waals surface area (Å²) >= 11 is 0. The minimum Gasteiger partial charge on any atom is -0.326 e. The summed E-state index contributed by atoms with van der Waals surface area (Å²) in [7, 11) is 0. The van der Waals surface area contributed by atoms with E-state index in [0.29, 0.717) is 12.5 Å². The summed E-state index contributed by atoms with van der Waals surface area (Å²) in [6.07, 6.45) is 3.43. The van der Waals surface area contributed by atoms with Gasteiger partial charge in [0.1, 0.15) is 5.82 Å². The molecule has 5 heteroatoms. The van der Waals surface area contributed by atoms with Crippen molar-refractivity contribution >= 4 is 12.4 Å². The molecule has 1 aromatic carbocycles. The molecule has 2 N–H and O–H groups in total. The van der Waals surface area contributed by atoms with Crippen LogP contribution in [0.4, 0.5) is 4.39 Å². The molecule has 2 aromatic rings. The molecular formula is C17H21ClFN3. The molecule has 3 nitrogen and oxygen atoms in total. The molecule has 0 radical (unpaired) electrons. The van der Waals surface area contributed by atoms with Crippen LogP contribution in [0.25, 0.3) is 11.1 Å². The number of rotatable bonds is 3. The van der Waals surface area contributed by atoms with E-state index in [9.17, 15) is 4.39 Å². The quantitative estimate of drug-likeness (QED) is 0.944. The molecule has 0 aliphatic carbocycles. The van der Waals surface area contributed by atoms with Crippen LogP contribution in [0.3, 0.4) is 0 Å². The minimum atomic E-state index is -0.155. The number of hydrogen-bond acceptors (Lipinski definition) is 3. The first kappa shape index (κ1) is 16.9. The first-order valence-electron chi connectivity index (χ1n) is 7.30. The van der Waals surface area contributed by atoms with Gasteiger partial charge in [-0.3, -0.25) is 9.88 Å². The Morgan fingerprint density at radius 2 is 1.91 bits per heavy atom. The van der Waals surface area contributed by atoms with Gasteiger partial charge in [-0.25, -0.2) is 4.39 Å². The lowest BCUT2D eigenvalue weighted by molar-refractivity contribution is 0.313. The summed E-state index contributed by atoms with van der Waals surface area (Å²) in [6.45, 7) is 4.55. The molecule has 3 rings (SSSR count). The van der Waals surface area contributed by atoms with E-state index < -0.39 is 0 Å². The van der Waals surface area contributed by atoms with Crippen molar-refractivity contribution < 1.29 is 4.39 Å². The summed E-state index contributed by atoms with van der Waals surface area (Å²) in [6, 6.07) is 9.41. The average Bonchev–Trinajstić information content (AvgIpc) is 2.80. The standard InChI is InChI=1S/C17H20FN3.ClH/c1-12-9-21(11-17(12)19)10-15-3-2-14(8-16(15)18)13-4-6-20-7-5-13;/h2-8,12,17H,9-11,19H2,1H3;1H. The first-order chi connectivity index (χ1) is 10.1. The summed E-state index contributed by atoms with van der Waals surface area (Å²) in [5.74, 6) is 0.321. The Balaban J connectivity index is 0.00000176. The molecule has 0 spiro atoms. The van der Waals surface area contributed by atoms with Gasteiger partial charge in [-0.2, -0.15) is 0 Å². The molecule has 2 heterocycles. The molecule has 1 aliphatic rings. The Labute approximate surface area is 136 Å². The fourth-order valence-electron chi connectivity index (χ4n) is 2.86. The normalized spacial score (nSPS) is 21.6. The van der Waals surface area contributed by atoms with Gasteiger partial charge >= 0.3 is 0 Å². The van der Waals surface area contributed by atoms with Crippen molar-refractivity contribution in [2.45, 2.75) is 19.5 Å². The summed E-state index contributed by atoms with van der Waals surface area (Å²) < 4.78 is 14.3. The van der Waals surface area contributed by atoms with Gasteiger partial charge in [0, 0.05) is 43.6 Å². The topological polar surface area (TPSA) is 42.2 Å². The van der Waals surface area contributed by atoms with E-state index in [1.54, 1.807) is 18.5 Å². The number of benzene rings is 1. The molecule has 1 fully saturated rings. The molecule has 118 valence electrons. The monoisotopic (exact) mass is 321 g/mol. The average molecular weight is 322 g/mol. The second-order valence-electron chi connectivity index (χ2n) is 5.88. The predicted molar refractivity (Wildman–Crippen MR) is 89.3 cm³/mol. The number of nitrogens with two attached hydrogens (primary N) is 1. The van der Waals surface area contributed by atoms with Crippen LogP contribution in [0.1, 0.15) is 12.5 Å². The smallest absolute Gasteiger partial charge is 0.128 e. The number of aromatic nitrogens is 1. The Kier molecular flexibility index (Phi) is 5.51. The largest absolute Gasteiger partial charge is 0.326 e. The third-order valence-electron chi connectivity index (χ3n) is 4.21. The first-order valence-corrected chi connectivity index (χ1v) is 7.30. The van der Waals surface area contributed by atoms with Gasteiger partial charge in [-0.05, 0) is 35.2 Å². The highest BCUT2D eigenvalue weighted by Crippen LogP contribution is 2.23. The van der Waals surface area contributed by atoms with Gasteiger partial charge in [-0.15, -0.1) is 12.4 Å². The van der Waals surface area contributed by atoms with Gasteiger partial charge in [0.05, 0.1) is 0 Å². The van der Waals surface area contributed by atoms with Crippen LogP contribution in [-0.4, -0.2) is 29.0 Å². The second-order valence-corrected chi connectivity index (χ2v) is 5.88. The number of likely N-dealkylation sites (tertiary alicyclic amines) is 1. The Morgan fingerprint density at radius 1 is 1.18 bits per heavy atom. The SMILES string of the molecule is CC1CN(Cc2ccc(-c3ccncc3)cc2F)CC1N.Cl. The van der Waals surface area contributed by atoms with E-state index in [0.717, 1.165) is 29.8 Å². The molecule has 2 atom stereocenters. The molecule has 0 bridgehead atoms. The van der Waals surface area contributed by atoms with E-state index in [-0.39, 0.29) is 24.3 Å². The zero-order valence-electron chi connectivity index (χ0n) is 12.6. The Bertz CT molecular complexity index is 611. The number of hydrogen-bond donors (Lipinski definition) is 1. The zero-order valence-corrected chi connectivity index (χ0v) is 13.4. The molecule has 0 amide bonds. The second kappa shape index (κ2) is 7.18. The number of nitrogens with zero attached hydrogens (tertiary/aromatic N) is 2. The zero-order chi connectivity index (χ0) is 14.8. The molecule has 1 aliphatic heterocycles. The lowest BCUT2D eigenvalue weighted by Crippen LogP contribution is -2.28. The van der Waals surface area contributed by atoms with Crippen LogP contribution in [0.2, 0.25) is 0 Å². The Hall–Kier alpha value is -1.49. The fourth-order valence-corrected chi connectivity index (χ4v) is 2.86. The van der Waals surface area contributed by atoms with Crippen molar-refractivity contribution in [2.24, 2.45) is 11.7 Å². The minimum absolute atomic E-state index is 0. The number of pyridine rings is 1. The summed E-state index contributed by atoms with van der Waals surface area (Å²) in [4.78, 5) is 6.20. The van der Waals surface area contributed by atoms with Gasteiger partial charge in [0.2, 0.25) is 0 Å². The van der Waals surface area contributed by atoms with Crippen molar-refractivity contribution in [1.82, 2.24) is 9.88 Å². The highest BCUT2D eigenvalue weighted by atomic mass is 35.5. The van der Waals surface area contributed by atoms with E-state index in [4.69, 9.17) is 5.73 Å². The van der Waals surface area contributed by atoms with Crippen LogP contribution < -0.4 is 5.73 Å². The van der Waals surface area contributed by atoms with Crippen molar-refractivity contribution in [3.05, 3.63) is 54.1 Å². The van der Waals surface area contributed by atoms with Crippen molar-refractivity contribution in [3.8, 4) is 11.1 Å². The van der Waals surface area contributed by atoms with Crippen molar-refractivity contribution in [1.29, 1.82) is 0 Å². The van der Waals surface area contributed by atoms with E-state index in [1.807, 2.05) is 24.3 Å². The fraction of sp³-hybridized carbons (Fsp3) is 0.353. The highest BCUT2D eigenvalue weighted by Gasteiger charge is 2.26. The lowest BCUT2D eigenvalue weighted by Gasteiger charge is -2.16. The maximum atomic E-state index is 14.3. The van der Waals surface area contributed by atoms with Crippen LogP contribution >= 0.6 is 12.4 Å². The molecule has 0 saturated carbocycles. The molecule has 22 heavy (non-hydrogen) atoms. The molecule has 2 unspecified atom stereocenters. The summed E-state index contributed by atoms with van der Waals surface area (Å²) in [5.41, 5.74) is 8.61. The third kappa shape index (κ3) is 3.64. The van der Waals surface area contributed by atoms with E-state index in [1.165, 1.54) is 0 Å². The maximum Gasteiger partial charge on any atom is 0.128 e. The summed E-state index contributed by atoms with van der Waals surface area (Å²) in [5, 5.41) is 0. The molecular weight excluding hydrogens is 301 g/mol. The van der Waals surface area contributed by atoms with Gasteiger partial charge in [0.15, 0.2) is 0 Å². The highest BCUT2D eigenvalue weighted by molar-refractivity contribution is 5.85. The van der Waals surface area contributed by atoms with Gasteiger partial charge in [-0.1, -0.05) is 19.1 Å².